The van der Waals surface area contributed by atoms with Crippen LogP contribution in [-0.2, 0) is 11.2 Å². The zero-order chi connectivity index (χ0) is 15.2. The predicted octanol–water partition coefficient (Wildman–Crippen LogP) is 1.90. The lowest BCUT2D eigenvalue weighted by molar-refractivity contribution is -0.138. The van der Waals surface area contributed by atoms with Crippen LogP contribution in [0.4, 0.5) is 0 Å². The van der Waals surface area contributed by atoms with Crippen molar-refractivity contribution in [3.8, 4) is 11.6 Å². The minimum atomic E-state index is -0.946. The molecule has 1 heterocycles. The number of aromatic nitrogens is 2. The normalized spacial score (nSPS) is 11.7. The molecule has 0 spiro atoms. The molecule has 0 aliphatic carbocycles. The van der Waals surface area contributed by atoms with Crippen LogP contribution < -0.4 is 9.47 Å². The lowest BCUT2D eigenvalue weighted by atomic mass is 9.96. The molecule has 2 aromatic rings. The van der Waals surface area contributed by atoms with Gasteiger partial charge in [0.05, 0.1) is 19.9 Å². The van der Waals surface area contributed by atoms with Crippen molar-refractivity contribution in [2.24, 2.45) is 0 Å². The molecule has 1 atom stereocenters. The maximum atomic E-state index is 11.5. The molecule has 2 rings (SSSR count). The Bertz CT molecular complexity index is 631. The smallest absolute Gasteiger partial charge is 0.312 e. The highest BCUT2D eigenvalue weighted by molar-refractivity contribution is 5.76. The first kappa shape index (κ1) is 14.8. The maximum Gasteiger partial charge on any atom is 0.312 e. The van der Waals surface area contributed by atoms with E-state index >= 15 is 0 Å². The van der Waals surface area contributed by atoms with Crippen LogP contribution in [0.2, 0.25) is 0 Å². The van der Waals surface area contributed by atoms with Gasteiger partial charge in [-0.3, -0.25) is 4.79 Å². The average molecular weight is 288 g/mol. The van der Waals surface area contributed by atoms with Gasteiger partial charge >= 0.3 is 5.97 Å². The van der Waals surface area contributed by atoms with Crippen molar-refractivity contribution in [2.45, 2.75) is 12.3 Å². The Morgan fingerprint density at radius 3 is 2.71 bits per heavy atom. The maximum absolute atomic E-state index is 11.5. The largest absolute Gasteiger partial charge is 0.497 e. The van der Waals surface area contributed by atoms with Crippen molar-refractivity contribution < 1.29 is 19.4 Å². The molecule has 0 bridgehead atoms. The summed E-state index contributed by atoms with van der Waals surface area (Å²) in [6.07, 6.45) is 1.61. The Hall–Kier alpha value is -2.63. The van der Waals surface area contributed by atoms with E-state index in [9.17, 15) is 9.90 Å². The van der Waals surface area contributed by atoms with Crippen LogP contribution in [0, 0.1) is 0 Å². The summed E-state index contributed by atoms with van der Waals surface area (Å²) >= 11 is 0. The fourth-order valence-corrected chi connectivity index (χ4v) is 2.01. The van der Waals surface area contributed by atoms with Crippen LogP contribution in [0.25, 0.3) is 0 Å². The van der Waals surface area contributed by atoms with E-state index in [4.69, 9.17) is 9.47 Å². The summed E-state index contributed by atoms with van der Waals surface area (Å²) in [5.41, 5.74) is 1.27. The monoisotopic (exact) mass is 288 g/mol. The van der Waals surface area contributed by atoms with E-state index in [1.807, 2.05) is 24.3 Å². The number of rotatable bonds is 6. The number of carbonyl (C=O) groups is 1. The fraction of sp³-hybridized carbons (Fsp3) is 0.267. The highest BCUT2D eigenvalue weighted by Crippen LogP contribution is 2.23. The third-order valence-corrected chi connectivity index (χ3v) is 3.10. The number of carboxylic acid groups (broad SMARTS) is 1. The van der Waals surface area contributed by atoms with Gasteiger partial charge in [-0.2, -0.15) is 0 Å². The Kier molecular flexibility index (Phi) is 4.71. The van der Waals surface area contributed by atoms with Crippen molar-refractivity contribution in [1.82, 2.24) is 9.97 Å². The van der Waals surface area contributed by atoms with Gasteiger partial charge < -0.3 is 14.6 Å². The average Bonchev–Trinajstić information content (AvgIpc) is 2.52. The van der Waals surface area contributed by atoms with Gasteiger partial charge in [-0.05, 0) is 24.1 Å². The highest BCUT2D eigenvalue weighted by Gasteiger charge is 2.22. The third-order valence-electron chi connectivity index (χ3n) is 3.10. The van der Waals surface area contributed by atoms with Gasteiger partial charge in [0.1, 0.15) is 18.0 Å². The topological polar surface area (TPSA) is 81.5 Å². The number of hydrogen-bond donors (Lipinski definition) is 1. The van der Waals surface area contributed by atoms with Gasteiger partial charge in [0, 0.05) is 6.07 Å². The van der Waals surface area contributed by atoms with E-state index in [-0.39, 0.29) is 0 Å². The molecule has 0 saturated heterocycles. The van der Waals surface area contributed by atoms with E-state index in [1.165, 1.54) is 13.4 Å². The molecule has 6 heteroatoms. The molecule has 0 amide bonds. The van der Waals surface area contributed by atoms with Crippen molar-refractivity contribution in [2.75, 3.05) is 14.2 Å². The van der Waals surface area contributed by atoms with E-state index < -0.39 is 11.9 Å². The Morgan fingerprint density at radius 1 is 1.24 bits per heavy atom. The van der Waals surface area contributed by atoms with Crippen LogP contribution in [0.1, 0.15) is 17.2 Å². The lowest BCUT2D eigenvalue weighted by Gasteiger charge is -2.13. The van der Waals surface area contributed by atoms with Crippen molar-refractivity contribution in [3.63, 3.8) is 0 Å². The van der Waals surface area contributed by atoms with Crippen LogP contribution >= 0.6 is 0 Å². The summed E-state index contributed by atoms with van der Waals surface area (Å²) in [4.78, 5) is 19.5. The van der Waals surface area contributed by atoms with E-state index in [0.29, 0.717) is 23.7 Å². The number of benzene rings is 1. The van der Waals surface area contributed by atoms with E-state index in [2.05, 4.69) is 9.97 Å². The second-order valence-corrected chi connectivity index (χ2v) is 4.43. The molecule has 6 nitrogen and oxygen atoms in total. The summed E-state index contributed by atoms with van der Waals surface area (Å²) < 4.78 is 10.2. The molecule has 1 unspecified atom stereocenters. The van der Waals surface area contributed by atoms with Crippen molar-refractivity contribution in [1.29, 1.82) is 0 Å². The number of nitrogens with zero attached hydrogens (tertiary/aromatic N) is 2. The SMILES string of the molecule is COc1cccc(CC(C(=O)O)c2cc(OC)ncn2)c1. The standard InChI is InChI=1S/C15H16N2O4/c1-20-11-5-3-4-10(6-11)7-12(15(18)19)13-8-14(21-2)17-9-16-13/h3-6,8-9,12H,7H2,1-2H3,(H,18,19). The zero-order valence-electron chi connectivity index (χ0n) is 11.8. The number of carboxylic acids is 1. The number of aliphatic carboxylic acids is 1. The van der Waals surface area contributed by atoms with Gasteiger partial charge in [0.2, 0.25) is 5.88 Å². The van der Waals surface area contributed by atoms with Crippen LogP contribution in [0.15, 0.2) is 36.7 Å². The van der Waals surface area contributed by atoms with Crippen LogP contribution in [-0.4, -0.2) is 35.3 Å². The van der Waals surface area contributed by atoms with Gasteiger partial charge in [0.15, 0.2) is 0 Å². The van der Waals surface area contributed by atoms with E-state index in [0.717, 1.165) is 5.56 Å². The zero-order valence-corrected chi connectivity index (χ0v) is 11.8. The predicted molar refractivity (Wildman–Crippen MR) is 75.7 cm³/mol. The van der Waals surface area contributed by atoms with Crippen LogP contribution in [0.5, 0.6) is 11.6 Å². The number of hydrogen-bond acceptors (Lipinski definition) is 5. The second-order valence-electron chi connectivity index (χ2n) is 4.43. The first-order valence-electron chi connectivity index (χ1n) is 6.35. The van der Waals surface area contributed by atoms with Gasteiger partial charge in [0.25, 0.3) is 0 Å². The van der Waals surface area contributed by atoms with Gasteiger partial charge in [-0.15, -0.1) is 0 Å². The summed E-state index contributed by atoms with van der Waals surface area (Å²) in [7, 11) is 3.05. The summed E-state index contributed by atoms with van der Waals surface area (Å²) in [6, 6.07) is 8.85. The lowest BCUT2D eigenvalue weighted by Crippen LogP contribution is -2.16. The minimum Gasteiger partial charge on any atom is -0.497 e. The quantitative estimate of drug-likeness (QED) is 0.874. The highest BCUT2D eigenvalue weighted by atomic mass is 16.5. The number of methoxy groups -OCH3 is 2. The summed E-state index contributed by atoms with van der Waals surface area (Å²) in [5, 5.41) is 9.45. The Balaban J connectivity index is 2.28. The first-order chi connectivity index (χ1) is 10.1. The molecular formula is C15H16N2O4. The molecule has 1 N–H and O–H groups in total. The fourth-order valence-electron chi connectivity index (χ4n) is 2.01. The molecule has 110 valence electrons. The minimum absolute atomic E-state index is 0.312. The summed E-state index contributed by atoms with van der Waals surface area (Å²) in [6.45, 7) is 0. The molecule has 1 aromatic heterocycles. The van der Waals surface area contributed by atoms with Crippen molar-refractivity contribution >= 4 is 5.97 Å². The third kappa shape index (κ3) is 3.68. The summed E-state index contributed by atoms with van der Waals surface area (Å²) in [5.74, 6) is -0.679. The Labute approximate surface area is 122 Å². The van der Waals surface area contributed by atoms with E-state index in [1.54, 1.807) is 13.2 Å². The Morgan fingerprint density at radius 2 is 2.05 bits per heavy atom. The molecular weight excluding hydrogens is 272 g/mol. The number of ether oxygens (including phenoxy) is 2. The molecule has 0 aliphatic heterocycles. The van der Waals surface area contributed by atoms with Crippen molar-refractivity contribution in [3.05, 3.63) is 47.9 Å². The second kappa shape index (κ2) is 6.69. The molecule has 0 aliphatic rings. The van der Waals surface area contributed by atoms with Gasteiger partial charge in [-0.25, -0.2) is 9.97 Å². The van der Waals surface area contributed by atoms with Crippen LogP contribution in [0.3, 0.4) is 0 Å². The molecule has 0 saturated carbocycles. The molecule has 1 aromatic carbocycles. The first-order valence-corrected chi connectivity index (χ1v) is 6.35. The molecule has 21 heavy (non-hydrogen) atoms. The van der Waals surface area contributed by atoms with Gasteiger partial charge in [-0.1, -0.05) is 12.1 Å². The molecule has 0 radical (unpaired) electrons. The molecule has 0 fully saturated rings.